The number of ketones is 4. The first-order valence-corrected chi connectivity index (χ1v) is 29.2. The highest BCUT2D eigenvalue weighted by atomic mass is 32.2. The van der Waals surface area contributed by atoms with E-state index in [1.165, 1.54) is 0 Å². The van der Waals surface area contributed by atoms with Crippen molar-refractivity contribution in [1.29, 1.82) is 0 Å². The normalized spacial score (nSPS) is 16.1. The van der Waals surface area contributed by atoms with Crippen molar-refractivity contribution < 1.29 is 129 Å². The Morgan fingerprint density at radius 2 is 0.721 bits per heavy atom. The quantitative estimate of drug-likeness (QED) is 0.0252. The van der Waals surface area contributed by atoms with Crippen molar-refractivity contribution in [3.63, 3.8) is 0 Å². The summed E-state index contributed by atoms with van der Waals surface area (Å²) in [5, 5.41) is 144. The van der Waals surface area contributed by atoms with E-state index in [1.807, 2.05) is 0 Å². The van der Waals surface area contributed by atoms with Crippen LogP contribution in [-0.2, 0) is 57.4 Å². The van der Waals surface area contributed by atoms with Crippen LogP contribution in [0.3, 0.4) is 0 Å². The van der Waals surface area contributed by atoms with Crippen LogP contribution in [0, 0.1) is 0 Å². The predicted octanol–water partition coefficient (Wildman–Crippen LogP) is -12.7. The molecule has 0 aromatic carbocycles. The Labute approximate surface area is 503 Å². The van der Waals surface area contributed by atoms with Crippen molar-refractivity contribution >= 4 is 82.2 Å². The number of carboxylic acids is 2. The van der Waals surface area contributed by atoms with Crippen molar-refractivity contribution in [2.75, 3.05) is 102 Å². The molecule has 0 aliphatic carbocycles. The third kappa shape index (κ3) is 39.3. The standard InChI is InChI=1S/C22H38N4O12S2.C15H31N3O8.C11H23N3O6/c23-12(21(35)36)8-39-7-11(27)3-1-6-26-20(34)19(33)18(32)17(31)16(30)14(28)4-2-5-25-15(29)10-40-9-13(24)22(37)38;16-3-7-25-6-1-2-10(19)11(20)12(21)13(22)14(23)15(24)18-5-9-26-8-4-17;12-3-1-2-6(15)7(16)8(17)9(18)10(19)11(20)14-5-4-13/h12-13,16-19,30-33H,1-10,23-24H2,(H,25,29)(H,26,34)(H,35,36)(H,37,38);11-14,20-23H,1-9,16-17H2,(H,18,24);7-10,16-19H,1-5,12-13H2,(H,14,20)/t12?,13?,16-,17+,18+,19-;11-,12+,13+,14-;7-,8+,9+,10-/m000/s1. The van der Waals surface area contributed by atoms with Gasteiger partial charge in [0.1, 0.15) is 72.8 Å². The first kappa shape index (κ1) is 85.6. The van der Waals surface area contributed by atoms with Crippen LogP contribution in [0.5, 0.6) is 0 Å². The summed E-state index contributed by atoms with van der Waals surface area (Å²) in [6.45, 7) is 2.21. The second kappa shape index (κ2) is 51.3. The Hall–Kier alpha value is -4.60. The molecule has 0 heterocycles. The summed E-state index contributed by atoms with van der Waals surface area (Å²) in [4.78, 5) is 115. The fraction of sp³-hybridized carbons (Fsp3) is 0.792. The summed E-state index contributed by atoms with van der Waals surface area (Å²) in [5.41, 5.74) is 31.4. The molecule has 14 atom stereocenters. The summed E-state index contributed by atoms with van der Waals surface area (Å²) < 4.78 is 10.1. The largest absolute Gasteiger partial charge is 0.480 e. The molecule has 502 valence electrons. The van der Waals surface area contributed by atoms with Gasteiger partial charge in [-0.1, -0.05) is 0 Å². The lowest BCUT2D eigenvalue weighted by Gasteiger charge is -2.25. The molecule has 30 N–H and O–H groups in total. The second-order valence-corrected chi connectivity index (χ2v) is 20.5. The zero-order valence-electron chi connectivity index (χ0n) is 47.5. The van der Waals surface area contributed by atoms with Crippen LogP contribution >= 0.6 is 23.5 Å². The van der Waals surface area contributed by atoms with Crippen LogP contribution in [-0.4, -0.2) is 317 Å². The number of nitrogens with one attached hydrogen (secondary N) is 4. The highest BCUT2D eigenvalue weighted by Crippen LogP contribution is 2.13. The minimum Gasteiger partial charge on any atom is -0.480 e. The number of rotatable bonds is 49. The van der Waals surface area contributed by atoms with Crippen molar-refractivity contribution in [3.05, 3.63) is 0 Å². The van der Waals surface area contributed by atoms with Crippen LogP contribution in [0.1, 0.15) is 51.4 Å². The molecule has 38 heteroatoms. The Morgan fingerprint density at radius 1 is 0.372 bits per heavy atom. The van der Waals surface area contributed by atoms with E-state index in [0.717, 1.165) is 23.5 Å². The summed E-state index contributed by atoms with van der Waals surface area (Å²) in [6.07, 6.45) is -24.1. The molecule has 0 radical (unpaired) electrons. The SMILES string of the molecule is NC(CSCC(=O)CCCNC(=O)[C@@H](O)[C@H](O)[C@H](O)[C@@H](O)C(=O)CCCNC(=O)CSCC(N)C(=O)O)C(=O)O.NCCCC(=O)[C@H](O)[C@@H](O)[C@@H](O)[C@H](O)C(=O)NCCN.NCCOCCCC(=O)[C@H](O)[C@@H](O)[C@@H](O)[C@H](O)C(=O)NCCOCCN. The first-order valence-electron chi connectivity index (χ1n) is 26.9. The third-order valence-electron chi connectivity index (χ3n) is 11.2. The first-order chi connectivity index (χ1) is 40.4. The Balaban J connectivity index is -0.00000129. The van der Waals surface area contributed by atoms with Crippen molar-refractivity contribution in [3.8, 4) is 0 Å². The molecule has 0 aliphatic heterocycles. The van der Waals surface area contributed by atoms with E-state index in [9.17, 15) is 109 Å². The van der Waals surface area contributed by atoms with E-state index in [4.69, 9.17) is 54.1 Å². The number of aliphatic hydroxyl groups excluding tert-OH is 12. The Bertz CT molecular complexity index is 1850. The minimum atomic E-state index is -2.20. The molecule has 0 saturated heterocycles. The molecular formula is C48H92N10O26S2. The highest BCUT2D eigenvalue weighted by Gasteiger charge is 2.39. The maximum Gasteiger partial charge on any atom is 0.321 e. The molecule has 0 bridgehead atoms. The van der Waals surface area contributed by atoms with E-state index < -0.39 is 138 Å². The molecule has 0 fully saturated rings. The third-order valence-corrected chi connectivity index (χ3v) is 13.4. The molecule has 0 aromatic rings. The highest BCUT2D eigenvalue weighted by molar-refractivity contribution is 8.00. The number of carboxylic acid groups (broad SMARTS) is 2. The van der Waals surface area contributed by atoms with E-state index in [2.05, 4.69) is 21.3 Å². The average molecular weight is 1290 g/mol. The topological polar surface area (TPSA) is 677 Å². The number of carbonyl (C=O) groups is 10. The van der Waals surface area contributed by atoms with E-state index in [0.29, 0.717) is 39.1 Å². The van der Waals surface area contributed by atoms with Crippen molar-refractivity contribution in [2.24, 2.45) is 34.4 Å². The van der Waals surface area contributed by atoms with Crippen LogP contribution in [0.4, 0.5) is 0 Å². The van der Waals surface area contributed by atoms with Gasteiger partial charge >= 0.3 is 11.9 Å². The lowest BCUT2D eigenvalue weighted by atomic mass is 9.97. The summed E-state index contributed by atoms with van der Waals surface area (Å²) in [6, 6.07) is -2.19. The number of amides is 4. The van der Waals surface area contributed by atoms with Gasteiger partial charge in [0.25, 0.3) is 17.7 Å². The summed E-state index contributed by atoms with van der Waals surface area (Å²) in [7, 11) is 0. The van der Waals surface area contributed by atoms with Gasteiger partial charge in [0.2, 0.25) is 5.91 Å². The lowest BCUT2D eigenvalue weighted by Crippen LogP contribution is -2.53. The fourth-order valence-electron chi connectivity index (χ4n) is 6.18. The number of thioether (sulfide) groups is 2. The van der Waals surface area contributed by atoms with Crippen molar-refractivity contribution in [2.45, 2.75) is 137 Å². The number of aliphatic hydroxyl groups is 12. The molecule has 36 nitrogen and oxygen atoms in total. The predicted molar refractivity (Wildman–Crippen MR) is 305 cm³/mol. The summed E-state index contributed by atoms with van der Waals surface area (Å²) >= 11 is 2.07. The maximum absolute atomic E-state index is 12.1. The number of Topliss-reactive ketones (excluding diaryl/α,β-unsaturated/α-hetero) is 4. The van der Waals surface area contributed by atoms with Crippen molar-refractivity contribution in [1.82, 2.24) is 21.3 Å². The second-order valence-electron chi connectivity index (χ2n) is 18.5. The van der Waals surface area contributed by atoms with Crippen LogP contribution < -0.4 is 55.7 Å². The molecule has 0 spiro atoms. The zero-order valence-corrected chi connectivity index (χ0v) is 49.1. The lowest BCUT2D eigenvalue weighted by molar-refractivity contribution is -0.154. The van der Waals surface area contributed by atoms with Gasteiger partial charge in [0.05, 0.1) is 31.3 Å². The van der Waals surface area contributed by atoms with E-state index >= 15 is 0 Å². The Kier molecular flexibility index (Phi) is 51.1. The van der Waals surface area contributed by atoms with Gasteiger partial charge in [0, 0.05) is 89.6 Å². The molecule has 0 aromatic heterocycles. The number of aliphatic carboxylic acids is 2. The smallest absolute Gasteiger partial charge is 0.321 e. The van der Waals surface area contributed by atoms with Crippen LogP contribution in [0.15, 0.2) is 0 Å². The average Bonchev–Trinajstić information content (AvgIpc) is 3.41. The van der Waals surface area contributed by atoms with Gasteiger partial charge in [-0.25, -0.2) is 0 Å². The molecule has 0 rings (SSSR count). The number of ether oxygens (including phenoxy) is 2. The van der Waals surface area contributed by atoms with Gasteiger partial charge in [-0.3, -0.25) is 47.9 Å². The van der Waals surface area contributed by atoms with E-state index in [1.54, 1.807) is 0 Å². The number of nitrogens with two attached hydrogens (primary N) is 6. The molecule has 86 heavy (non-hydrogen) atoms. The molecule has 0 aliphatic rings. The number of hydrogen-bond donors (Lipinski definition) is 24. The van der Waals surface area contributed by atoms with Gasteiger partial charge in [0.15, 0.2) is 35.7 Å². The zero-order chi connectivity index (χ0) is 66.5. The van der Waals surface area contributed by atoms with E-state index in [-0.39, 0.29) is 120 Å². The summed E-state index contributed by atoms with van der Waals surface area (Å²) in [5.74, 6) is -8.35. The number of carbonyl (C=O) groups excluding carboxylic acids is 8. The minimum absolute atomic E-state index is 0.0313. The monoisotopic (exact) mass is 1290 g/mol. The van der Waals surface area contributed by atoms with Gasteiger partial charge < -0.3 is 137 Å². The molecule has 2 unspecified atom stereocenters. The fourth-order valence-corrected chi connectivity index (χ4v) is 7.87. The van der Waals surface area contributed by atoms with Gasteiger partial charge in [-0.2, -0.15) is 11.8 Å². The van der Waals surface area contributed by atoms with Crippen LogP contribution in [0.25, 0.3) is 0 Å². The number of hydrogen-bond acceptors (Lipinski definition) is 32. The molecular weight excluding hydrogens is 1200 g/mol. The molecule has 4 amide bonds. The molecule has 0 saturated carbocycles. The Morgan fingerprint density at radius 3 is 1.13 bits per heavy atom. The van der Waals surface area contributed by atoms with Gasteiger partial charge in [-0.05, 0) is 32.2 Å². The van der Waals surface area contributed by atoms with Gasteiger partial charge in [-0.15, -0.1) is 11.8 Å². The van der Waals surface area contributed by atoms with Crippen LogP contribution in [0.2, 0.25) is 0 Å². The maximum atomic E-state index is 12.1.